The molecule has 6 heteroatoms. The van der Waals surface area contributed by atoms with Crippen LogP contribution in [0.25, 0.3) is 0 Å². The molecular formula is C15H16N2O4. The number of nitrogens with one attached hydrogen (secondary N) is 1. The number of carbonyl (C=O) groups is 4. The first-order chi connectivity index (χ1) is 9.99. The number of rotatable bonds is 2. The lowest BCUT2D eigenvalue weighted by Crippen LogP contribution is -2.58. The number of hydrogen-bond acceptors (Lipinski definition) is 4. The lowest BCUT2D eigenvalue weighted by molar-refractivity contribution is -0.154. The Morgan fingerprint density at radius 1 is 1.29 bits per heavy atom. The Bertz CT molecular complexity index is 601. The molecule has 2 fully saturated rings. The molecule has 2 saturated heterocycles. The van der Waals surface area contributed by atoms with Crippen molar-refractivity contribution in [2.75, 3.05) is 0 Å². The summed E-state index contributed by atoms with van der Waals surface area (Å²) >= 11 is 0. The van der Waals surface area contributed by atoms with Crippen molar-refractivity contribution in [2.24, 2.45) is 0 Å². The number of nitrogens with zero attached hydrogens (tertiary/aromatic N) is 1. The Hall–Kier alpha value is -2.50. The van der Waals surface area contributed by atoms with Gasteiger partial charge in [0.25, 0.3) is 5.91 Å². The first-order valence-corrected chi connectivity index (χ1v) is 6.68. The third kappa shape index (κ3) is 2.69. The largest absolute Gasteiger partial charge is 0.295 e. The fourth-order valence-electron chi connectivity index (χ4n) is 2.52. The van der Waals surface area contributed by atoms with Gasteiger partial charge in [0.1, 0.15) is 6.04 Å². The van der Waals surface area contributed by atoms with E-state index >= 15 is 0 Å². The summed E-state index contributed by atoms with van der Waals surface area (Å²) in [4.78, 5) is 48.7. The molecule has 110 valence electrons. The number of hydrogen-bond donors (Lipinski definition) is 1. The molecule has 6 nitrogen and oxygen atoms in total. The quantitative estimate of drug-likeness (QED) is 0.596. The van der Waals surface area contributed by atoms with Gasteiger partial charge in [0, 0.05) is 12.0 Å². The maximum absolute atomic E-state index is 12.5. The van der Waals surface area contributed by atoms with Crippen LogP contribution in [-0.4, -0.2) is 34.6 Å². The van der Waals surface area contributed by atoms with Gasteiger partial charge in [0.05, 0.1) is 6.42 Å². The lowest BCUT2D eigenvalue weighted by Gasteiger charge is -2.35. The van der Waals surface area contributed by atoms with Crippen LogP contribution in [0.4, 0.5) is 0 Å². The molecule has 0 saturated carbocycles. The molecule has 0 spiro atoms. The average Bonchev–Trinajstić information content (AvgIpc) is 2.44. The first kappa shape index (κ1) is 14.9. The molecule has 2 heterocycles. The van der Waals surface area contributed by atoms with E-state index in [0.717, 1.165) is 4.90 Å². The summed E-state index contributed by atoms with van der Waals surface area (Å²) in [5.41, 5.74) is 0.977. The summed E-state index contributed by atoms with van der Waals surface area (Å²) in [6, 6.07) is -0.922. The van der Waals surface area contributed by atoms with E-state index in [4.69, 9.17) is 0 Å². The van der Waals surface area contributed by atoms with E-state index in [0.29, 0.717) is 11.1 Å². The molecule has 0 aromatic carbocycles. The van der Waals surface area contributed by atoms with Crippen molar-refractivity contribution in [3.8, 4) is 0 Å². The van der Waals surface area contributed by atoms with Gasteiger partial charge in [-0.15, -0.1) is 0 Å². The molecule has 21 heavy (non-hydrogen) atoms. The molecule has 2 aliphatic rings. The highest BCUT2D eigenvalue weighted by molar-refractivity contribution is 6.15. The monoisotopic (exact) mass is 288 g/mol. The van der Waals surface area contributed by atoms with Crippen molar-refractivity contribution in [2.45, 2.75) is 32.2 Å². The minimum Gasteiger partial charge on any atom is -0.295 e. The summed E-state index contributed by atoms with van der Waals surface area (Å²) in [7, 11) is 0. The predicted octanol–water partition coefficient (Wildman–Crippen LogP) is 0.609. The SMILES string of the molecule is C=C/C=C1/C(=O)N(C2CCC(=O)NC2=O)C(=O)C/C1=C/C. The molecule has 1 N–H and O–H groups in total. The van der Waals surface area contributed by atoms with Gasteiger partial charge in [-0.3, -0.25) is 29.4 Å². The smallest absolute Gasteiger partial charge is 0.261 e. The van der Waals surface area contributed by atoms with Crippen molar-refractivity contribution in [3.63, 3.8) is 0 Å². The van der Waals surface area contributed by atoms with Crippen LogP contribution in [-0.2, 0) is 19.2 Å². The molecule has 0 bridgehead atoms. The average molecular weight is 288 g/mol. The summed E-state index contributed by atoms with van der Waals surface area (Å²) in [5, 5.41) is 2.16. The van der Waals surface area contributed by atoms with Crippen molar-refractivity contribution >= 4 is 23.6 Å². The Balaban J connectivity index is 2.35. The zero-order valence-electron chi connectivity index (χ0n) is 11.7. The van der Waals surface area contributed by atoms with Crippen LogP contribution in [0.1, 0.15) is 26.2 Å². The minimum absolute atomic E-state index is 0.0552. The van der Waals surface area contributed by atoms with Crippen molar-refractivity contribution in [1.29, 1.82) is 0 Å². The highest BCUT2D eigenvalue weighted by Crippen LogP contribution is 2.28. The number of carbonyl (C=O) groups excluding carboxylic acids is 4. The Kier molecular flexibility index (Phi) is 4.16. The van der Waals surface area contributed by atoms with Gasteiger partial charge in [0.2, 0.25) is 17.7 Å². The van der Waals surface area contributed by atoms with Crippen LogP contribution in [0, 0.1) is 0 Å². The number of amides is 4. The summed E-state index contributed by atoms with van der Waals surface area (Å²) in [5.74, 6) is -1.93. The maximum atomic E-state index is 12.5. The van der Waals surface area contributed by atoms with E-state index < -0.39 is 23.8 Å². The van der Waals surface area contributed by atoms with E-state index in [-0.39, 0.29) is 25.2 Å². The molecule has 2 rings (SSSR count). The molecule has 0 aliphatic carbocycles. The van der Waals surface area contributed by atoms with Gasteiger partial charge < -0.3 is 0 Å². The van der Waals surface area contributed by atoms with Gasteiger partial charge in [-0.25, -0.2) is 0 Å². The second kappa shape index (κ2) is 5.87. The fraction of sp³-hybridized carbons (Fsp3) is 0.333. The zero-order valence-corrected chi connectivity index (χ0v) is 11.7. The van der Waals surface area contributed by atoms with E-state index in [1.165, 1.54) is 12.2 Å². The van der Waals surface area contributed by atoms with Crippen LogP contribution >= 0.6 is 0 Å². The zero-order chi connectivity index (χ0) is 15.6. The second-order valence-electron chi connectivity index (χ2n) is 4.84. The Morgan fingerprint density at radius 3 is 2.57 bits per heavy atom. The van der Waals surface area contributed by atoms with Gasteiger partial charge >= 0.3 is 0 Å². The van der Waals surface area contributed by atoms with E-state index in [1.807, 2.05) is 0 Å². The molecule has 0 radical (unpaired) electrons. The Morgan fingerprint density at radius 2 is 2.00 bits per heavy atom. The van der Waals surface area contributed by atoms with Gasteiger partial charge in [-0.05, 0) is 25.0 Å². The van der Waals surface area contributed by atoms with Crippen molar-refractivity contribution in [3.05, 3.63) is 36.0 Å². The topological polar surface area (TPSA) is 83.6 Å². The number of allylic oxidation sites excluding steroid dienone is 3. The third-order valence-electron chi connectivity index (χ3n) is 3.56. The lowest BCUT2D eigenvalue weighted by atomic mass is 9.92. The van der Waals surface area contributed by atoms with Crippen molar-refractivity contribution < 1.29 is 19.2 Å². The van der Waals surface area contributed by atoms with Gasteiger partial charge in [0.15, 0.2) is 0 Å². The standard InChI is InChI=1S/C15H16N2O4/c1-3-5-10-9(4-2)8-13(19)17(15(10)21)11-6-7-12(18)16-14(11)20/h3-5,11H,1,6-8H2,2H3,(H,16,18,20)/b9-4-,10-5+. The van der Waals surface area contributed by atoms with Crippen LogP contribution in [0.15, 0.2) is 36.0 Å². The summed E-state index contributed by atoms with van der Waals surface area (Å²) < 4.78 is 0. The van der Waals surface area contributed by atoms with E-state index in [9.17, 15) is 19.2 Å². The molecule has 0 aromatic heterocycles. The van der Waals surface area contributed by atoms with Gasteiger partial charge in [-0.1, -0.05) is 18.7 Å². The number of imide groups is 2. The van der Waals surface area contributed by atoms with Crippen LogP contribution in [0.2, 0.25) is 0 Å². The third-order valence-corrected chi connectivity index (χ3v) is 3.56. The summed E-state index contributed by atoms with van der Waals surface area (Å²) in [6.45, 7) is 5.30. The molecule has 1 atom stereocenters. The van der Waals surface area contributed by atoms with Crippen LogP contribution < -0.4 is 5.32 Å². The van der Waals surface area contributed by atoms with E-state index in [2.05, 4.69) is 11.9 Å². The molecule has 2 aliphatic heterocycles. The van der Waals surface area contributed by atoms with Gasteiger partial charge in [-0.2, -0.15) is 0 Å². The second-order valence-corrected chi connectivity index (χ2v) is 4.84. The minimum atomic E-state index is -0.922. The van der Waals surface area contributed by atoms with E-state index in [1.54, 1.807) is 13.0 Å². The normalized spacial score (nSPS) is 27.3. The van der Waals surface area contributed by atoms with Crippen LogP contribution in [0.5, 0.6) is 0 Å². The predicted molar refractivity (Wildman–Crippen MR) is 74.7 cm³/mol. The molecule has 0 aromatic rings. The van der Waals surface area contributed by atoms with Crippen molar-refractivity contribution in [1.82, 2.24) is 10.2 Å². The fourth-order valence-corrected chi connectivity index (χ4v) is 2.52. The highest BCUT2D eigenvalue weighted by Gasteiger charge is 2.42. The first-order valence-electron chi connectivity index (χ1n) is 6.68. The van der Waals surface area contributed by atoms with Crippen LogP contribution in [0.3, 0.4) is 0 Å². The maximum Gasteiger partial charge on any atom is 0.261 e. The Labute approximate surface area is 122 Å². The molecular weight excluding hydrogens is 272 g/mol. The highest BCUT2D eigenvalue weighted by atomic mass is 16.2. The number of likely N-dealkylation sites (tertiary alicyclic amines) is 1. The summed E-state index contributed by atoms with van der Waals surface area (Å²) in [6.07, 6.45) is 5.03. The number of piperidine rings is 2. The molecule has 4 amide bonds. The molecule has 1 unspecified atom stereocenters.